The lowest BCUT2D eigenvalue weighted by Crippen LogP contribution is -2.40. The number of carbonyl (C=O) groups excluding carboxylic acids is 1. The van der Waals surface area contributed by atoms with E-state index in [-0.39, 0.29) is 4.90 Å². The highest BCUT2D eigenvalue weighted by Gasteiger charge is 2.46. The van der Waals surface area contributed by atoms with Gasteiger partial charge in [0.2, 0.25) is 0 Å². The molecule has 0 aromatic heterocycles. The van der Waals surface area contributed by atoms with Crippen molar-refractivity contribution in [2.45, 2.75) is 36.9 Å². The number of hydrogen-bond donors (Lipinski definition) is 0. The molecule has 162 valence electrons. The van der Waals surface area contributed by atoms with Crippen molar-refractivity contribution in [2.75, 3.05) is 26.0 Å². The van der Waals surface area contributed by atoms with Crippen molar-refractivity contribution in [3.63, 3.8) is 0 Å². The van der Waals surface area contributed by atoms with E-state index in [0.717, 1.165) is 23.3 Å². The summed E-state index contributed by atoms with van der Waals surface area (Å²) in [7, 11) is -3.21. The van der Waals surface area contributed by atoms with Gasteiger partial charge in [-0.3, -0.25) is 0 Å². The highest BCUT2D eigenvalue weighted by molar-refractivity contribution is 7.90. The van der Waals surface area contributed by atoms with Crippen LogP contribution in [0.1, 0.15) is 24.8 Å². The summed E-state index contributed by atoms with van der Waals surface area (Å²) < 4.78 is 65.4. The third kappa shape index (κ3) is 6.16. The fourth-order valence-corrected chi connectivity index (χ4v) is 4.40. The molecule has 1 aliphatic carbocycles. The molecule has 0 radical (unpaired) electrons. The van der Waals surface area contributed by atoms with E-state index < -0.39 is 22.0 Å². The number of ether oxygens (including phenoxy) is 1. The number of hydrogen-bond acceptors (Lipinski definition) is 6. The van der Waals surface area contributed by atoms with Crippen molar-refractivity contribution < 1.29 is 36.0 Å². The van der Waals surface area contributed by atoms with Crippen LogP contribution >= 0.6 is 0 Å². The minimum Gasteiger partial charge on any atom is -0.376 e. The van der Waals surface area contributed by atoms with Crippen LogP contribution in [0, 0.1) is 17.8 Å². The smallest absolute Gasteiger partial charge is 0.376 e. The molecule has 1 saturated carbocycles. The normalized spacial score (nSPS) is 23.7. The summed E-state index contributed by atoms with van der Waals surface area (Å²) in [6.07, 6.45) is -1.39. The predicted octanol–water partition coefficient (Wildman–Crippen LogP) is 2.98. The van der Waals surface area contributed by atoms with Gasteiger partial charge in [0, 0.05) is 19.3 Å². The number of carbonyl (C=O) groups is 1. The summed E-state index contributed by atoms with van der Waals surface area (Å²) in [6.45, 7) is 1.62. The summed E-state index contributed by atoms with van der Waals surface area (Å²) in [5, 5.41) is 1.10. The Labute approximate surface area is 167 Å². The molecule has 0 amide bonds. The lowest BCUT2D eigenvalue weighted by Gasteiger charge is -2.30. The first-order valence-corrected chi connectivity index (χ1v) is 11.3. The molecule has 10 heteroatoms. The molecule has 1 aromatic carbocycles. The first-order valence-electron chi connectivity index (χ1n) is 9.45. The van der Waals surface area contributed by atoms with Gasteiger partial charge in [0.1, 0.15) is 0 Å². The molecule has 1 aromatic rings. The van der Waals surface area contributed by atoms with E-state index in [1.165, 1.54) is 0 Å². The van der Waals surface area contributed by atoms with Gasteiger partial charge in [-0.2, -0.15) is 13.2 Å². The van der Waals surface area contributed by atoms with Crippen LogP contribution in [0.3, 0.4) is 0 Å². The van der Waals surface area contributed by atoms with Crippen LogP contribution in [0.15, 0.2) is 29.2 Å². The molecule has 0 spiro atoms. The number of halogens is 3. The summed E-state index contributed by atoms with van der Waals surface area (Å²) in [4.78, 5) is 15.5. The van der Waals surface area contributed by atoms with Crippen LogP contribution in [0.5, 0.6) is 0 Å². The van der Waals surface area contributed by atoms with Gasteiger partial charge < -0.3 is 9.57 Å². The fraction of sp³-hybridized carbons (Fsp3) is 0.632. The number of rotatable bonds is 7. The van der Waals surface area contributed by atoms with Crippen molar-refractivity contribution in [1.29, 1.82) is 0 Å². The van der Waals surface area contributed by atoms with Crippen molar-refractivity contribution in [3.05, 3.63) is 29.8 Å². The van der Waals surface area contributed by atoms with Gasteiger partial charge in [-0.1, -0.05) is 12.1 Å². The van der Waals surface area contributed by atoms with Crippen LogP contribution < -0.4 is 0 Å². The summed E-state index contributed by atoms with van der Waals surface area (Å²) in [5.74, 6) is -0.848. The second kappa shape index (κ2) is 8.61. The van der Waals surface area contributed by atoms with Crippen LogP contribution in [0.4, 0.5) is 13.2 Å². The van der Waals surface area contributed by atoms with Crippen LogP contribution in [0.25, 0.3) is 0 Å². The van der Waals surface area contributed by atoms with Gasteiger partial charge in [0.05, 0.1) is 18.1 Å². The first-order chi connectivity index (χ1) is 13.5. The molecule has 29 heavy (non-hydrogen) atoms. The molecule has 0 bridgehead atoms. The number of nitrogens with zero attached hydrogens (tertiary/aromatic N) is 1. The molecule has 0 N–H and O–H groups in total. The summed E-state index contributed by atoms with van der Waals surface area (Å²) in [5.41, 5.74) is 0.898. The van der Waals surface area contributed by atoms with Gasteiger partial charge in [-0.25, -0.2) is 13.2 Å². The summed E-state index contributed by atoms with van der Waals surface area (Å²) >= 11 is 0. The molecular weight excluding hydrogens is 411 g/mol. The average molecular weight is 435 g/mol. The zero-order chi connectivity index (χ0) is 21.2. The minimum atomic E-state index is -4.97. The van der Waals surface area contributed by atoms with E-state index >= 15 is 0 Å². The monoisotopic (exact) mass is 435 g/mol. The van der Waals surface area contributed by atoms with Crippen molar-refractivity contribution in [2.24, 2.45) is 17.8 Å². The Morgan fingerprint density at radius 2 is 1.79 bits per heavy atom. The zero-order valence-electron chi connectivity index (χ0n) is 16.0. The largest absolute Gasteiger partial charge is 0.492 e. The molecule has 1 saturated heterocycles. The Morgan fingerprint density at radius 1 is 1.17 bits per heavy atom. The van der Waals surface area contributed by atoms with Crippen molar-refractivity contribution in [1.82, 2.24) is 5.06 Å². The third-order valence-corrected chi connectivity index (χ3v) is 6.61. The van der Waals surface area contributed by atoms with E-state index in [0.29, 0.717) is 56.9 Å². The molecule has 0 unspecified atom stereocenters. The van der Waals surface area contributed by atoms with E-state index in [9.17, 15) is 26.4 Å². The lowest BCUT2D eigenvalue weighted by molar-refractivity contribution is -0.242. The summed E-state index contributed by atoms with van der Waals surface area (Å²) in [6, 6.07) is 6.60. The predicted molar refractivity (Wildman–Crippen MR) is 97.2 cm³/mol. The molecule has 2 fully saturated rings. The second-order valence-electron chi connectivity index (χ2n) is 7.73. The topological polar surface area (TPSA) is 72.9 Å². The molecule has 2 aliphatic rings. The second-order valence-corrected chi connectivity index (χ2v) is 9.75. The Morgan fingerprint density at radius 3 is 2.34 bits per heavy atom. The van der Waals surface area contributed by atoms with Gasteiger partial charge in [-0.05, 0) is 54.7 Å². The molecule has 2 atom stereocenters. The quantitative estimate of drug-likeness (QED) is 0.656. The average Bonchev–Trinajstić information content (AvgIpc) is 3.41. The lowest BCUT2D eigenvalue weighted by atomic mass is 9.92. The van der Waals surface area contributed by atoms with Crippen molar-refractivity contribution >= 4 is 15.8 Å². The maximum atomic E-state index is 12.2. The number of benzene rings is 1. The zero-order valence-corrected chi connectivity index (χ0v) is 16.8. The Hall–Kier alpha value is -1.65. The van der Waals surface area contributed by atoms with E-state index in [4.69, 9.17) is 4.74 Å². The fourth-order valence-electron chi connectivity index (χ4n) is 3.77. The van der Waals surface area contributed by atoms with Crippen molar-refractivity contribution in [3.8, 4) is 0 Å². The SMILES string of the molecule is CS(=O)(=O)c1ccc(COC[C@@H]2C[C@@H]2C2CCN(OC(=O)C(F)(F)F)CC2)cc1. The van der Waals surface area contributed by atoms with Crippen LogP contribution in [0.2, 0.25) is 0 Å². The maximum Gasteiger partial charge on any atom is 0.492 e. The number of sulfone groups is 1. The Bertz CT molecular complexity index is 817. The number of hydroxylamine groups is 2. The Kier molecular flexibility index (Phi) is 6.54. The van der Waals surface area contributed by atoms with E-state index in [2.05, 4.69) is 4.84 Å². The van der Waals surface area contributed by atoms with Crippen LogP contribution in [-0.4, -0.2) is 51.6 Å². The van der Waals surface area contributed by atoms with Gasteiger partial charge >= 0.3 is 12.1 Å². The van der Waals surface area contributed by atoms with Gasteiger partial charge in [-0.15, -0.1) is 5.06 Å². The maximum absolute atomic E-state index is 12.2. The van der Waals surface area contributed by atoms with E-state index in [1.807, 2.05) is 0 Å². The number of piperidine rings is 1. The molecule has 1 heterocycles. The standard InChI is InChI=1S/C19H24F3NO5S/c1-29(25,26)16-4-2-13(3-5-16)11-27-12-15-10-17(15)14-6-8-23(9-7-14)28-18(24)19(20,21)22/h2-5,14-15,17H,6-12H2,1H3/t15-,17+/m0/s1. The molecule has 6 nitrogen and oxygen atoms in total. The molecular formula is C19H24F3NO5S. The molecule has 1 aliphatic heterocycles. The minimum absolute atomic E-state index is 0.274. The number of alkyl halides is 3. The van der Waals surface area contributed by atoms with E-state index in [1.54, 1.807) is 24.3 Å². The van der Waals surface area contributed by atoms with Crippen LogP contribution in [-0.2, 0) is 30.8 Å². The van der Waals surface area contributed by atoms with Gasteiger partial charge in [0.15, 0.2) is 9.84 Å². The van der Waals surface area contributed by atoms with Gasteiger partial charge in [0.25, 0.3) is 0 Å². The molecule has 3 rings (SSSR count). The first kappa shape index (κ1) is 22.0. The highest BCUT2D eigenvalue weighted by Crippen LogP contribution is 2.48. The Balaban J connectivity index is 1.34. The third-order valence-electron chi connectivity index (χ3n) is 5.48. The highest BCUT2D eigenvalue weighted by atomic mass is 32.2.